The van der Waals surface area contributed by atoms with Gasteiger partial charge >= 0.3 is 0 Å². The minimum absolute atomic E-state index is 0.185. The molecule has 0 bridgehead atoms. The van der Waals surface area contributed by atoms with Crippen molar-refractivity contribution in [1.82, 2.24) is 0 Å². The molecular formula is C24H23ClN2O3. The number of aryl methyl sites for hydroxylation is 3. The van der Waals surface area contributed by atoms with Crippen LogP contribution in [0.4, 0.5) is 11.4 Å². The first-order chi connectivity index (χ1) is 14.3. The number of hydrogen-bond donors (Lipinski definition) is 2. The zero-order valence-electron chi connectivity index (χ0n) is 17.1. The van der Waals surface area contributed by atoms with Gasteiger partial charge < -0.3 is 15.4 Å². The predicted molar refractivity (Wildman–Crippen MR) is 121 cm³/mol. The number of carbonyl (C=O) groups excluding carboxylic acids is 2. The highest BCUT2D eigenvalue weighted by Gasteiger charge is 2.14. The van der Waals surface area contributed by atoms with Crippen LogP contribution in [0.3, 0.4) is 0 Å². The average Bonchev–Trinajstić information content (AvgIpc) is 2.70. The summed E-state index contributed by atoms with van der Waals surface area (Å²) >= 11 is 5.94. The van der Waals surface area contributed by atoms with Crippen molar-refractivity contribution in [1.29, 1.82) is 0 Å². The van der Waals surface area contributed by atoms with Gasteiger partial charge in [-0.2, -0.15) is 0 Å². The largest absolute Gasteiger partial charge is 0.483 e. The molecule has 2 N–H and O–H groups in total. The molecule has 0 aromatic heterocycles. The number of hydrogen-bond acceptors (Lipinski definition) is 3. The highest BCUT2D eigenvalue weighted by atomic mass is 35.5. The molecule has 0 heterocycles. The molecule has 154 valence electrons. The van der Waals surface area contributed by atoms with Crippen LogP contribution in [-0.4, -0.2) is 18.4 Å². The number of rotatable bonds is 6. The van der Waals surface area contributed by atoms with Crippen molar-refractivity contribution in [2.45, 2.75) is 20.8 Å². The molecule has 0 saturated heterocycles. The highest BCUT2D eigenvalue weighted by molar-refractivity contribution is 6.30. The van der Waals surface area contributed by atoms with Crippen molar-refractivity contribution in [3.05, 3.63) is 87.9 Å². The molecule has 2 amide bonds. The van der Waals surface area contributed by atoms with Gasteiger partial charge in [0.1, 0.15) is 5.75 Å². The Morgan fingerprint density at radius 3 is 2.37 bits per heavy atom. The zero-order valence-corrected chi connectivity index (χ0v) is 17.8. The molecular weight excluding hydrogens is 400 g/mol. The summed E-state index contributed by atoms with van der Waals surface area (Å²) in [4.78, 5) is 25.1. The minimum Gasteiger partial charge on any atom is -0.483 e. The minimum atomic E-state index is -0.365. The smallest absolute Gasteiger partial charge is 0.262 e. The summed E-state index contributed by atoms with van der Waals surface area (Å²) < 4.78 is 5.57. The van der Waals surface area contributed by atoms with E-state index in [1.54, 1.807) is 42.5 Å². The van der Waals surface area contributed by atoms with E-state index < -0.39 is 0 Å². The van der Waals surface area contributed by atoms with Crippen LogP contribution in [0.1, 0.15) is 27.0 Å². The lowest BCUT2D eigenvalue weighted by molar-refractivity contribution is -0.118. The van der Waals surface area contributed by atoms with Gasteiger partial charge in [-0.1, -0.05) is 29.8 Å². The summed E-state index contributed by atoms with van der Waals surface area (Å²) in [6.45, 7) is 5.67. The highest BCUT2D eigenvalue weighted by Crippen LogP contribution is 2.22. The SMILES string of the molecule is Cc1ccc(NC(=O)c2ccccc2NC(=O)COc2ccc(Cl)cc2C)cc1C. The second-order valence-electron chi connectivity index (χ2n) is 7.05. The second kappa shape index (κ2) is 9.46. The Balaban J connectivity index is 1.67. The van der Waals surface area contributed by atoms with Crippen LogP contribution in [0.2, 0.25) is 5.02 Å². The van der Waals surface area contributed by atoms with E-state index in [1.807, 2.05) is 39.0 Å². The number of amides is 2. The second-order valence-corrected chi connectivity index (χ2v) is 7.48. The fourth-order valence-electron chi connectivity index (χ4n) is 2.91. The van der Waals surface area contributed by atoms with E-state index in [0.29, 0.717) is 27.7 Å². The Bertz CT molecular complexity index is 1100. The molecule has 0 radical (unpaired) electrons. The van der Waals surface area contributed by atoms with E-state index in [0.717, 1.165) is 16.7 Å². The first-order valence-electron chi connectivity index (χ1n) is 9.50. The maximum Gasteiger partial charge on any atom is 0.262 e. The van der Waals surface area contributed by atoms with Crippen LogP contribution in [0.15, 0.2) is 60.7 Å². The number of para-hydroxylation sites is 1. The summed E-state index contributed by atoms with van der Waals surface area (Å²) in [6.07, 6.45) is 0. The lowest BCUT2D eigenvalue weighted by atomic mass is 10.1. The van der Waals surface area contributed by atoms with Crippen LogP contribution >= 0.6 is 11.6 Å². The maximum absolute atomic E-state index is 12.8. The maximum atomic E-state index is 12.8. The van der Waals surface area contributed by atoms with Crippen molar-refractivity contribution in [2.75, 3.05) is 17.2 Å². The Labute approximate surface area is 181 Å². The molecule has 6 heteroatoms. The molecule has 3 aromatic carbocycles. The van der Waals surface area contributed by atoms with E-state index in [1.165, 1.54) is 0 Å². The molecule has 30 heavy (non-hydrogen) atoms. The summed E-state index contributed by atoms with van der Waals surface area (Å²) in [7, 11) is 0. The molecule has 0 aliphatic heterocycles. The molecule has 3 rings (SSSR count). The summed E-state index contributed by atoms with van der Waals surface area (Å²) in [5, 5.41) is 6.23. The van der Waals surface area contributed by atoms with E-state index in [-0.39, 0.29) is 18.4 Å². The number of nitrogens with one attached hydrogen (secondary N) is 2. The van der Waals surface area contributed by atoms with E-state index in [9.17, 15) is 9.59 Å². The summed E-state index contributed by atoms with van der Waals surface area (Å²) in [5.41, 5.74) is 4.56. The predicted octanol–water partition coefficient (Wildman–Crippen LogP) is 5.54. The van der Waals surface area contributed by atoms with Crippen LogP contribution in [-0.2, 0) is 4.79 Å². The molecule has 0 spiro atoms. The zero-order chi connectivity index (χ0) is 21.7. The Morgan fingerprint density at radius 2 is 1.63 bits per heavy atom. The van der Waals surface area contributed by atoms with E-state index in [4.69, 9.17) is 16.3 Å². The van der Waals surface area contributed by atoms with Gasteiger partial charge in [0, 0.05) is 10.7 Å². The molecule has 0 aliphatic carbocycles. The number of benzene rings is 3. The van der Waals surface area contributed by atoms with Gasteiger partial charge in [-0.15, -0.1) is 0 Å². The van der Waals surface area contributed by atoms with Crippen LogP contribution < -0.4 is 15.4 Å². The van der Waals surface area contributed by atoms with Crippen LogP contribution in [0, 0.1) is 20.8 Å². The topological polar surface area (TPSA) is 67.4 Å². The standard InChI is InChI=1S/C24H23ClN2O3/c1-15-8-10-19(13-16(15)2)26-24(29)20-6-4-5-7-21(20)27-23(28)14-30-22-11-9-18(25)12-17(22)3/h4-13H,14H2,1-3H3,(H,26,29)(H,27,28). The fraction of sp³-hybridized carbons (Fsp3) is 0.167. The van der Waals surface area contributed by atoms with Gasteiger partial charge in [-0.3, -0.25) is 9.59 Å². The fourth-order valence-corrected chi connectivity index (χ4v) is 3.14. The Kier molecular flexibility index (Phi) is 6.75. The van der Waals surface area contributed by atoms with Gasteiger partial charge in [-0.25, -0.2) is 0 Å². The van der Waals surface area contributed by atoms with Gasteiger partial charge in [0.05, 0.1) is 11.3 Å². The van der Waals surface area contributed by atoms with Crippen molar-refractivity contribution in [3.8, 4) is 5.75 Å². The third-order valence-corrected chi connectivity index (χ3v) is 4.94. The third kappa shape index (κ3) is 5.39. The van der Waals surface area contributed by atoms with Gasteiger partial charge in [-0.05, 0) is 79.9 Å². The Hall–Kier alpha value is -3.31. The molecule has 5 nitrogen and oxygen atoms in total. The number of ether oxygens (including phenoxy) is 1. The van der Waals surface area contributed by atoms with Gasteiger partial charge in [0.15, 0.2) is 6.61 Å². The van der Waals surface area contributed by atoms with Gasteiger partial charge in [0.2, 0.25) is 0 Å². The molecule has 0 aliphatic rings. The number of anilines is 2. The van der Waals surface area contributed by atoms with Crippen molar-refractivity contribution in [2.24, 2.45) is 0 Å². The summed E-state index contributed by atoms with van der Waals surface area (Å²) in [5.74, 6) is -0.0882. The van der Waals surface area contributed by atoms with Crippen molar-refractivity contribution < 1.29 is 14.3 Å². The first-order valence-corrected chi connectivity index (χ1v) is 9.87. The monoisotopic (exact) mass is 422 g/mol. The van der Waals surface area contributed by atoms with Crippen LogP contribution in [0.5, 0.6) is 5.75 Å². The first kappa shape index (κ1) is 21.4. The molecule has 0 unspecified atom stereocenters. The van der Waals surface area contributed by atoms with Crippen molar-refractivity contribution >= 4 is 34.8 Å². The van der Waals surface area contributed by atoms with Crippen LogP contribution in [0.25, 0.3) is 0 Å². The molecule has 3 aromatic rings. The van der Waals surface area contributed by atoms with Crippen molar-refractivity contribution in [3.63, 3.8) is 0 Å². The number of halogens is 1. The van der Waals surface area contributed by atoms with E-state index >= 15 is 0 Å². The lowest BCUT2D eigenvalue weighted by Crippen LogP contribution is -2.23. The Morgan fingerprint density at radius 1 is 0.867 bits per heavy atom. The quantitative estimate of drug-likeness (QED) is 0.548. The molecule has 0 fully saturated rings. The number of carbonyl (C=O) groups is 2. The van der Waals surface area contributed by atoms with Gasteiger partial charge in [0.25, 0.3) is 11.8 Å². The lowest BCUT2D eigenvalue weighted by Gasteiger charge is -2.13. The third-order valence-electron chi connectivity index (χ3n) is 4.71. The average molecular weight is 423 g/mol. The molecule has 0 saturated carbocycles. The summed E-state index contributed by atoms with van der Waals surface area (Å²) in [6, 6.07) is 17.8. The normalized spacial score (nSPS) is 10.4. The van der Waals surface area contributed by atoms with E-state index in [2.05, 4.69) is 10.6 Å². The molecule has 0 atom stereocenters.